The smallest absolute Gasteiger partial charge is 0.308 e. The molecule has 0 saturated carbocycles. The highest BCUT2D eigenvalue weighted by Crippen LogP contribution is 2.08. The van der Waals surface area contributed by atoms with Gasteiger partial charge in [-0.05, 0) is 20.8 Å². The van der Waals surface area contributed by atoms with Crippen molar-refractivity contribution in [2.75, 3.05) is 172 Å². The van der Waals surface area contributed by atoms with Crippen molar-refractivity contribution in [1.29, 1.82) is 0 Å². The van der Waals surface area contributed by atoms with E-state index < -0.39 is 5.60 Å². The summed E-state index contributed by atoms with van der Waals surface area (Å²) >= 11 is 0. The molecule has 0 unspecified atom stereocenters. The number of carbonyl (C=O) groups excluding carboxylic acids is 1. The molecule has 0 aromatic heterocycles. The van der Waals surface area contributed by atoms with Crippen LogP contribution in [0.2, 0.25) is 0 Å². The third-order valence-electron chi connectivity index (χ3n) is 5.39. The van der Waals surface area contributed by atoms with Gasteiger partial charge in [0.15, 0.2) is 0 Å². The minimum atomic E-state index is -0.474. The Kier molecular flexibility index (Phi) is 36.9. The van der Waals surface area contributed by atoms with Gasteiger partial charge < -0.3 is 66.3 Å². The molecular weight excluding hydrogens is 624 g/mol. The topological polar surface area (TPSA) is 146 Å². The summed E-state index contributed by atoms with van der Waals surface area (Å²) in [6.07, 6.45) is 0.231. The molecule has 0 bridgehead atoms. The standard InChI is InChI=1S/C32H64O15/c1-32(2,3)47-31(33)5-6-35-9-10-37-13-14-39-17-18-41-21-22-43-25-26-45-29-30-46-28-27-44-24-23-42-20-19-40-16-15-38-12-11-36-8-7-34-4/h5-30H2,1-4H3. The van der Waals surface area contributed by atoms with E-state index in [2.05, 4.69) is 0 Å². The lowest BCUT2D eigenvalue weighted by Crippen LogP contribution is -2.24. The zero-order valence-electron chi connectivity index (χ0n) is 29.5. The van der Waals surface area contributed by atoms with Crippen LogP contribution in [-0.2, 0) is 71.1 Å². The Morgan fingerprint density at radius 1 is 0.340 bits per heavy atom. The normalized spacial score (nSPS) is 11.8. The number of ether oxygens (including phenoxy) is 14. The van der Waals surface area contributed by atoms with Gasteiger partial charge in [-0.2, -0.15) is 0 Å². The molecule has 0 atom stereocenters. The summed E-state index contributed by atoms with van der Waals surface area (Å²) in [6, 6.07) is 0. The molecule has 0 spiro atoms. The van der Waals surface area contributed by atoms with Gasteiger partial charge in [0.25, 0.3) is 0 Å². The van der Waals surface area contributed by atoms with E-state index in [1.165, 1.54) is 0 Å². The van der Waals surface area contributed by atoms with Crippen molar-refractivity contribution < 1.29 is 71.1 Å². The SMILES string of the molecule is COCCOCCOCCOCCOCCOCCOCCOCCOCCOCCOCCOCCOCCC(=O)OC(C)(C)C. The molecule has 282 valence electrons. The van der Waals surface area contributed by atoms with Gasteiger partial charge in [0.1, 0.15) is 5.60 Å². The molecule has 0 aromatic rings. The lowest BCUT2D eigenvalue weighted by molar-refractivity contribution is -0.156. The Balaban J connectivity index is 3.09. The number of methoxy groups -OCH3 is 1. The van der Waals surface area contributed by atoms with E-state index in [-0.39, 0.29) is 12.4 Å². The third-order valence-corrected chi connectivity index (χ3v) is 5.39. The summed E-state index contributed by atoms with van der Waals surface area (Å²) in [5, 5.41) is 0. The van der Waals surface area contributed by atoms with E-state index in [1.807, 2.05) is 20.8 Å². The molecule has 0 aliphatic rings. The first-order valence-electron chi connectivity index (χ1n) is 16.6. The zero-order chi connectivity index (χ0) is 34.4. The van der Waals surface area contributed by atoms with Gasteiger partial charge in [-0.3, -0.25) is 4.79 Å². The van der Waals surface area contributed by atoms with Crippen LogP contribution in [0.15, 0.2) is 0 Å². The molecule has 0 rings (SSSR count). The second-order valence-electron chi connectivity index (χ2n) is 10.7. The van der Waals surface area contributed by atoms with Gasteiger partial charge in [-0.25, -0.2) is 0 Å². The van der Waals surface area contributed by atoms with Crippen LogP contribution in [0.5, 0.6) is 0 Å². The predicted octanol–water partition coefficient (Wildman–Crippen LogP) is 1.56. The van der Waals surface area contributed by atoms with E-state index >= 15 is 0 Å². The Morgan fingerprint density at radius 3 is 0.723 bits per heavy atom. The number of esters is 1. The molecular formula is C32H64O15. The molecule has 0 heterocycles. The van der Waals surface area contributed by atoms with Gasteiger partial charge in [0.05, 0.1) is 172 Å². The lowest BCUT2D eigenvalue weighted by Gasteiger charge is -2.19. The lowest BCUT2D eigenvalue weighted by atomic mass is 10.2. The highest BCUT2D eigenvalue weighted by Gasteiger charge is 2.15. The summed E-state index contributed by atoms with van der Waals surface area (Å²) in [5.41, 5.74) is -0.474. The second-order valence-corrected chi connectivity index (χ2v) is 10.7. The van der Waals surface area contributed by atoms with Gasteiger partial charge in [-0.15, -0.1) is 0 Å². The van der Waals surface area contributed by atoms with E-state index in [4.69, 9.17) is 66.3 Å². The molecule has 15 nitrogen and oxygen atoms in total. The van der Waals surface area contributed by atoms with E-state index in [0.717, 1.165) is 0 Å². The fourth-order valence-corrected chi connectivity index (χ4v) is 3.21. The van der Waals surface area contributed by atoms with Gasteiger partial charge in [0.2, 0.25) is 0 Å². The molecule has 0 N–H and O–H groups in total. The van der Waals surface area contributed by atoms with Crippen molar-refractivity contribution in [2.24, 2.45) is 0 Å². The van der Waals surface area contributed by atoms with Crippen molar-refractivity contribution in [3.05, 3.63) is 0 Å². The third kappa shape index (κ3) is 42.9. The first-order chi connectivity index (χ1) is 23.0. The van der Waals surface area contributed by atoms with E-state index in [9.17, 15) is 4.79 Å². The van der Waals surface area contributed by atoms with Crippen molar-refractivity contribution in [2.45, 2.75) is 32.8 Å². The Morgan fingerprint density at radius 2 is 0.532 bits per heavy atom. The van der Waals surface area contributed by atoms with E-state index in [1.54, 1.807) is 7.11 Å². The summed E-state index contributed by atoms with van der Waals surface area (Å²) < 4.78 is 75.3. The Labute approximate surface area is 282 Å². The zero-order valence-corrected chi connectivity index (χ0v) is 29.5. The summed E-state index contributed by atoms with van der Waals surface area (Å²) in [4.78, 5) is 11.6. The first kappa shape index (κ1) is 46.0. The van der Waals surface area contributed by atoms with Crippen LogP contribution < -0.4 is 0 Å². The Hall–Kier alpha value is -1.05. The average Bonchev–Trinajstić information content (AvgIpc) is 3.03. The summed E-state index contributed by atoms with van der Waals surface area (Å²) in [7, 11) is 1.64. The monoisotopic (exact) mass is 688 g/mol. The quantitative estimate of drug-likeness (QED) is 0.0680. The maximum absolute atomic E-state index is 11.6. The van der Waals surface area contributed by atoms with Crippen molar-refractivity contribution in [3.8, 4) is 0 Å². The van der Waals surface area contributed by atoms with Crippen LogP contribution >= 0.6 is 0 Å². The minimum Gasteiger partial charge on any atom is -0.460 e. The highest BCUT2D eigenvalue weighted by atomic mass is 16.6. The van der Waals surface area contributed by atoms with Crippen molar-refractivity contribution in [3.63, 3.8) is 0 Å². The summed E-state index contributed by atoms with van der Waals surface area (Å²) in [5.74, 6) is -0.265. The molecule has 0 radical (unpaired) electrons. The van der Waals surface area contributed by atoms with Crippen LogP contribution in [0.4, 0.5) is 0 Å². The van der Waals surface area contributed by atoms with Crippen LogP contribution in [0.1, 0.15) is 27.2 Å². The van der Waals surface area contributed by atoms with Crippen molar-refractivity contribution >= 4 is 5.97 Å². The van der Waals surface area contributed by atoms with Crippen LogP contribution in [-0.4, -0.2) is 184 Å². The maximum atomic E-state index is 11.6. The molecule has 0 saturated heterocycles. The van der Waals surface area contributed by atoms with Gasteiger partial charge in [0, 0.05) is 7.11 Å². The van der Waals surface area contributed by atoms with E-state index in [0.29, 0.717) is 165 Å². The van der Waals surface area contributed by atoms with Gasteiger partial charge in [-0.1, -0.05) is 0 Å². The fraction of sp³-hybridized carbons (Fsp3) is 0.969. The number of hydrogen-bond acceptors (Lipinski definition) is 15. The number of carbonyl (C=O) groups is 1. The molecule has 0 amide bonds. The second kappa shape index (κ2) is 37.8. The number of hydrogen-bond donors (Lipinski definition) is 0. The summed E-state index contributed by atoms with van der Waals surface area (Å²) in [6.45, 7) is 18.0. The minimum absolute atomic E-state index is 0.231. The number of rotatable bonds is 39. The van der Waals surface area contributed by atoms with Crippen LogP contribution in [0.25, 0.3) is 0 Å². The molecule has 0 aliphatic carbocycles. The average molecular weight is 689 g/mol. The molecule has 0 fully saturated rings. The Bertz CT molecular complexity index is 622. The fourth-order valence-electron chi connectivity index (χ4n) is 3.21. The molecule has 0 aromatic carbocycles. The molecule has 15 heteroatoms. The molecule has 47 heavy (non-hydrogen) atoms. The maximum Gasteiger partial charge on any atom is 0.308 e. The largest absolute Gasteiger partial charge is 0.460 e. The van der Waals surface area contributed by atoms with Crippen LogP contribution in [0, 0.1) is 0 Å². The molecule has 0 aliphatic heterocycles. The first-order valence-corrected chi connectivity index (χ1v) is 16.6. The highest BCUT2D eigenvalue weighted by molar-refractivity contribution is 5.69. The van der Waals surface area contributed by atoms with Gasteiger partial charge >= 0.3 is 5.97 Å². The predicted molar refractivity (Wildman–Crippen MR) is 172 cm³/mol. The van der Waals surface area contributed by atoms with Crippen molar-refractivity contribution in [1.82, 2.24) is 0 Å². The van der Waals surface area contributed by atoms with Crippen LogP contribution in [0.3, 0.4) is 0 Å².